The number of aryl methyl sites for hydroxylation is 2. The molecule has 0 fully saturated rings. The fourth-order valence-corrected chi connectivity index (χ4v) is 4.12. The van der Waals surface area contributed by atoms with Gasteiger partial charge in [-0.3, -0.25) is 4.79 Å². The Kier molecular flexibility index (Phi) is 4.81. The molecule has 0 saturated carbocycles. The van der Waals surface area contributed by atoms with Crippen molar-refractivity contribution in [1.82, 2.24) is 4.90 Å². The zero-order chi connectivity index (χ0) is 18.1. The Morgan fingerprint density at radius 1 is 1.16 bits per heavy atom. The first kappa shape index (κ1) is 17.5. The number of nitrogens with zero attached hydrogens (tertiary/aromatic N) is 1. The largest absolute Gasteiger partial charge is 0.497 e. The number of fused-ring (bicyclic) bond motifs is 3. The van der Waals surface area contributed by atoms with Gasteiger partial charge in [0, 0.05) is 19.0 Å². The Morgan fingerprint density at radius 2 is 1.88 bits per heavy atom. The third-order valence-electron chi connectivity index (χ3n) is 4.30. The van der Waals surface area contributed by atoms with Gasteiger partial charge in [-0.2, -0.15) is 0 Å². The highest BCUT2D eigenvalue weighted by molar-refractivity contribution is 7.17. The predicted molar refractivity (Wildman–Crippen MR) is 97.3 cm³/mol. The predicted octanol–water partition coefficient (Wildman–Crippen LogP) is 3.16. The maximum atomic E-state index is 12.4. The number of esters is 1. The van der Waals surface area contributed by atoms with Crippen LogP contribution in [0.15, 0.2) is 24.3 Å². The summed E-state index contributed by atoms with van der Waals surface area (Å²) in [6.07, 6.45) is 1.00. The van der Waals surface area contributed by atoms with E-state index in [1.165, 1.54) is 21.8 Å². The molecular formula is C19H21NO4S. The molecule has 1 aliphatic carbocycles. The number of amides is 1. The molecule has 5 nitrogen and oxygen atoms in total. The van der Waals surface area contributed by atoms with Gasteiger partial charge in [0.05, 0.1) is 7.11 Å². The highest BCUT2D eigenvalue weighted by Crippen LogP contribution is 2.41. The molecule has 132 valence electrons. The molecule has 1 atom stereocenters. The summed E-state index contributed by atoms with van der Waals surface area (Å²) in [5.74, 6) is 0.165. The van der Waals surface area contributed by atoms with E-state index in [1.54, 1.807) is 28.1 Å². The number of methoxy groups -OCH3 is 1. The Balaban J connectivity index is 1.84. The second-order valence-electron chi connectivity index (χ2n) is 6.27. The number of rotatable bonds is 4. The summed E-state index contributed by atoms with van der Waals surface area (Å²) in [5.41, 5.74) is 3.52. The molecule has 1 aromatic heterocycles. The van der Waals surface area contributed by atoms with Crippen LogP contribution in [0.2, 0.25) is 0 Å². The van der Waals surface area contributed by atoms with E-state index >= 15 is 0 Å². The standard InChI is InChI=1S/C19H21NO4S/c1-11(18(21)20(2)3)24-19(22)16-10-13-6-5-12-9-14(23-4)7-8-15(12)17(13)25-16/h7-11H,5-6H2,1-4H3/t11-/m0/s1. The summed E-state index contributed by atoms with van der Waals surface area (Å²) in [7, 11) is 4.94. The second-order valence-corrected chi connectivity index (χ2v) is 7.32. The lowest BCUT2D eigenvalue weighted by molar-refractivity contribution is -0.137. The lowest BCUT2D eigenvalue weighted by Crippen LogP contribution is -2.34. The molecule has 0 bridgehead atoms. The van der Waals surface area contributed by atoms with E-state index in [9.17, 15) is 9.59 Å². The SMILES string of the molecule is COc1ccc2c(c1)CCc1cc(C(=O)O[C@@H](C)C(=O)N(C)C)sc1-2. The quantitative estimate of drug-likeness (QED) is 0.787. The molecule has 0 saturated heterocycles. The molecule has 6 heteroatoms. The third kappa shape index (κ3) is 3.39. The summed E-state index contributed by atoms with van der Waals surface area (Å²) in [4.78, 5) is 27.3. The zero-order valence-corrected chi connectivity index (χ0v) is 15.6. The van der Waals surface area contributed by atoms with Crippen LogP contribution in [0.5, 0.6) is 5.75 Å². The molecule has 3 rings (SSSR count). The maximum Gasteiger partial charge on any atom is 0.349 e. The molecule has 0 N–H and O–H groups in total. The van der Waals surface area contributed by atoms with E-state index in [-0.39, 0.29) is 5.91 Å². The fourth-order valence-electron chi connectivity index (χ4n) is 2.97. The number of thiophene rings is 1. The Bertz CT molecular complexity index is 825. The van der Waals surface area contributed by atoms with E-state index in [0.717, 1.165) is 34.6 Å². The van der Waals surface area contributed by atoms with Crippen LogP contribution in [0.25, 0.3) is 10.4 Å². The number of hydrogen-bond acceptors (Lipinski definition) is 5. The number of carbonyl (C=O) groups excluding carboxylic acids is 2. The van der Waals surface area contributed by atoms with Gasteiger partial charge in [0.25, 0.3) is 5.91 Å². The van der Waals surface area contributed by atoms with Gasteiger partial charge in [0.15, 0.2) is 6.10 Å². The van der Waals surface area contributed by atoms with Gasteiger partial charge in [-0.05, 0) is 60.7 Å². The fraction of sp³-hybridized carbons (Fsp3) is 0.368. The monoisotopic (exact) mass is 359 g/mol. The first-order valence-electron chi connectivity index (χ1n) is 8.13. The molecule has 0 aliphatic heterocycles. The average Bonchev–Trinajstić information content (AvgIpc) is 3.05. The van der Waals surface area contributed by atoms with E-state index in [1.807, 2.05) is 24.3 Å². The lowest BCUT2D eigenvalue weighted by atomic mass is 9.91. The van der Waals surface area contributed by atoms with Crippen molar-refractivity contribution >= 4 is 23.2 Å². The van der Waals surface area contributed by atoms with Crippen LogP contribution < -0.4 is 4.74 Å². The van der Waals surface area contributed by atoms with Crippen LogP contribution >= 0.6 is 11.3 Å². The van der Waals surface area contributed by atoms with Gasteiger partial charge in [-0.15, -0.1) is 11.3 Å². The van der Waals surface area contributed by atoms with Crippen molar-refractivity contribution in [3.63, 3.8) is 0 Å². The van der Waals surface area contributed by atoms with Gasteiger partial charge in [-0.25, -0.2) is 4.79 Å². The molecule has 1 aliphatic rings. The van der Waals surface area contributed by atoms with Crippen LogP contribution in [0, 0.1) is 0 Å². The van der Waals surface area contributed by atoms with Crippen molar-refractivity contribution in [1.29, 1.82) is 0 Å². The molecule has 1 amide bonds. The Morgan fingerprint density at radius 3 is 2.56 bits per heavy atom. The minimum absolute atomic E-state index is 0.230. The van der Waals surface area contributed by atoms with E-state index < -0.39 is 12.1 Å². The molecular weight excluding hydrogens is 338 g/mol. The van der Waals surface area contributed by atoms with Crippen LogP contribution in [-0.4, -0.2) is 44.1 Å². The van der Waals surface area contributed by atoms with Gasteiger partial charge in [-0.1, -0.05) is 0 Å². The summed E-state index contributed by atoms with van der Waals surface area (Å²) < 4.78 is 10.6. The van der Waals surface area contributed by atoms with Gasteiger partial charge in [0.1, 0.15) is 10.6 Å². The van der Waals surface area contributed by atoms with Crippen molar-refractivity contribution in [2.75, 3.05) is 21.2 Å². The first-order valence-corrected chi connectivity index (χ1v) is 8.94. The normalized spacial score (nSPS) is 13.4. The van der Waals surface area contributed by atoms with Crippen molar-refractivity contribution < 1.29 is 19.1 Å². The van der Waals surface area contributed by atoms with E-state index in [4.69, 9.17) is 9.47 Å². The number of likely N-dealkylation sites (N-methyl/N-ethyl adjacent to an activating group) is 1. The van der Waals surface area contributed by atoms with Crippen LogP contribution in [0.4, 0.5) is 0 Å². The van der Waals surface area contributed by atoms with Crippen LogP contribution in [0.3, 0.4) is 0 Å². The number of hydrogen-bond donors (Lipinski definition) is 0. The molecule has 25 heavy (non-hydrogen) atoms. The molecule has 1 aromatic carbocycles. The van der Waals surface area contributed by atoms with Crippen LogP contribution in [0.1, 0.15) is 27.7 Å². The third-order valence-corrected chi connectivity index (χ3v) is 5.49. The van der Waals surface area contributed by atoms with Crippen molar-refractivity contribution in [2.45, 2.75) is 25.9 Å². The Labute approximate surface area is 151 Å². The molecule has 0 unspecified atom stereocenters. The first-order chi connectivity index (χ1) is 11.9. The van der Waals surface area contributed by atoms with Crippen LogP contribution in [-0.2, 0) is 22.4 Å². The highest BCUT2D eigenvalue weighted by Gasteiger charge is 2.25. The van der Waals surface area contributed by atoms with Gasteiger partial charge >= 0.3 is 5.97 Å². The minimum Gasteiger partial charge on any atom is -0.497 e. The zero-order valence-electron chi connectivity index (χ0n) is 14.8. The summed E-state index contributed by atoms with van der Waals surface area (Å²) in [6, 6.07) is 7.91. The van der Waals surface area contributed by atoms with Crippen molar-refractivity contribution in [3.05, 3.63) is 40.3 Å². The summed E-state index contributed by atoms with van der Waals surface area (Å²) in [5, 5.41) is 0. The number of ether oxygens (including phenoxy) is 2. The van der Waals surface area contributed by atoms with Crippen molar-refractivity contribution in [3.8, 4) is 16.2 Å². The minimum atomic E-state index is -0.793. The maximum absolute atomic E-state index is 12.4. The average molecular weight is 359 g/mol. The van der Waals surface area contributed by atoms with E-state index in [2.05, 4.69) is 0 Å². The lowest BCUT2D eigenvalue weighted by Gasteiger charge is -2.16. The number of benzene rings is 1. The van der Waals surface area contributed by atoms with Crippen molar-refractivity contribution in [2.24, 2.45) is 0 Å². The number of carbonyl (C=O) groups is 2. The second kappa shape index (κ2) is 6.88. The summed E-state index contributed by atoms with van der Waals surface area (Å²) in [6.45, 7) is 1.59. The topological polar surface area (TPSA) is 55.8 Å². The smallest absolute Gasteiger partial charge is 0.349 e. The van der Waals surface area contributed by atoms with Gasteiger partial charge in [0.2, 0.25) is 0 Å². The molecule has 0 spiro atoms. The van der Waals surface area contributed by atoms with Gasteiger partial charge < -0.3 is 14.4 Å². The summed E-state index contributed by atoms with van der Waals surface area (Å²) >= 11 is 1.42. The molecule has 0 radical (unpaired) electrons. The van der Waals surface area contributed by atoms with E-state index in [0.29, 0.717) is 4.88 Å². The molecule has 1 heterocycles. The highest BCUT2D eigenvalue weighted by atomic mass is 32.1. The Hall–Kier alpha value is -2.34. The molecule has 2 aromatic rings.